The Bertz CT molecular complexity index is 1060. The van der Waals surface area contributed by atoms with Crippen LogP contribution in [0.5, 0.6) is 0 Å². The molecule has 0 unspecified atom stereocenters. The average Bonchev–Trinajstić information content (AvgIpc) is 3.23. The second-order valence-electron chi connectivity index (χ2n) is 7.11. The summed E-state index contributed by atoms with van der Waals surface area (Å²) < 4.78 is 17.4. The van der Waals surface area contributed by atoms with Crippen molar-refractivity contribution in [2.75, 3.05) is 11.9 Å². The van der Waals surface area contributed by atoms with E-state index in [2.05, 4.69) is 15.5 Å². The second kappa shape index (κ2) is 7.50. The first-order valence-electron chi connectivity index (χ1n) is 9.30. The molecule has 1 atom stereocenters. The minimum atomic E-state index is -0.773. The lowest BCUT2D eigenvalue weighted by atomic mass is 10.1. The molecule has 1 aromatic carbocycles. The minimum Gasteiger partial charge on any atom is -0.339 e. The lowest BCUT2D eigenvalue weighted by molar-refractivity contribution is -0.120. The number of hydrogen-bond acceptors (Lipinski definition) is 4. The Balaban J connectivity index is 1.48. The quantitative estimate of drug-likeness (QED) is 0.725. The summed E-state index contributed by atoms with van der Waals surface area (Å²) >= 11 is 0. The third kappa shape index (κ3) is 3.75. The van der Waals surface area contributed by atoms with Gasteiger partial charge in [-0.15, -0.1) is 0 Å². The van der Waals surface area contributed by atoms with E-state index >= 15 is 0 Å². The van der Waals surface area contributed by atoms with Gasteiger partial charge in [-0.2, -0.15) is 10.2 Å². The number of nitrogens with one attached hydrogen (secondary N) is 1. The first-order chi connectivity index (χ1) is 13.9. The van der Waals surface area contributed by atoms with Crippen LogP contribution in [0.2, 0.25) is 0 Å². The van der Waals surface area contributed by atoms with Gasteiger partial charge in [-0.1, -0.05) is 30.3 Å². The van der Waals surface area contributed by atoms with Crippen LogP contribution >= 0.6 is 0 Å². The van der Waals surface area contributed by atoms with Crippen LogP contribution in [-0.2, 0) is 24.8 Å². The van der Waals surface area contributed by atoms with Crippen molar-refractivity contribution < 1.29 is 14.0 Å². The number of rotatable bonds is 4. The molecule has 3 aromatic rings. The maximum atomic E-state index is 14.3. The Hall–Kier alpha value is -3.49. The fraction of sp³-hybridized carbons (Fsp3) is 0.300. The van der Waals surface area contributed by atoms with Gasteiger partial charge in [0, 0.05) is 20.3 Å². The molecule has 0 saturated carbocycles. The van der Waals surface area contributed by atoms with Crippen molar-refractivity contribution >= 4 is 17.5 Å². The van der Waals surface area contributed by atoms with Gasteiger partial charge in [-0.3, -0.25) is 19.0 Å². The van der Waals surface area contributed by atoms with Gasteiger partial charge < -0.3 is 10.2 Å². The number of aryl methyl sites for hydroxylation is 2. The number of fused-ring (bicyclic) bond motifs is 1. The predicted octanol–water partition coefficient (Wildman–Crippen LogP) is 1.51. The number of halogens is 1. The standard InChI is InChI=1S/C20H21FN6O2/c1-25-12-17-15(23-25)8-9-16(20(29)26(17)2)22-19(28)18-14(21)11-27(24-18)10-13-6-4-3-5-7-13/h3-7,11-12,16H,8-10H2,1-2H3,(H,22,28)/t16-/m0/s1. The SMILES string of the molecule is CN1C(=O)[C@@H](NC(=O)c2nn(Cc3ccccc3)cc2F)CCc2nn(C)cc21. The highest BCUT2D eigenvalue weighted by Crippen LogP contribution is 2.24. The van der Waals surface area contributed by atoms with E-state index in [-0.39, 0.29) is 11.6 Å². The van der Waals surface area contributed by atoms with Gasteiger partial charge >= 0.3 is 0 Å². The van der Waals surface area contributed by atoms with Gasteiger partial charge in [0.25, 0.3) is 5.91 Å². The van der Waals surface area contributed by atoms with E-state index in [0.717, 1.165) is 11.3 Å². The molecule has 0 aliphatic carbocycles. The molecule has 0 spiro atoms. The number of carbonyl (C=O) groups excluding carboxylic acids is 2. The van der Waals surface area contributed by atoms with E-state index in [1.807, 2.05) is 30.3 Å². The van der Waals surface area contributed by atoms with Crippen molar-refractivity contribution in [3.63, 3.8) is 0 Å². The zero-order chi connectivity index (χ0) is 20.5. The molecule has 3 heterocycles. The van der Waals surface area contributed by atoms with E-state index < -0.39 is 17.8 Å². The summed E-state index contributed by atoms with van der Waals surface area (Å²) in [5.41, 5.74) is 2.12. The first kappa shape index (κ1) is 18.9. The molecular weight excluding hydrogens is 375 g/mol. The van der Waals surface area contributed by atoms with Crippen molar-refractivity contribution in [2.45, 2.75) is 25.4 Å². The van der Waals surface area contributed by atoms with Crippen molar-refractivity contribution in [1.82, 2.24) is 24.9 Å². The van der Waals surface area contributed by atoms with E-state index in [9.17, 15) is 14.0 Å². The molecule has 1 N–H and O–H groups in total. The summed E-state index contributed by atoms with van der Waals surface area (Å²) in [7, 11) is 3.43. The fourth-order valence-corrected chi connectivity index (χ4v) is 3.50. The van der Waals surface area contributed by atoms with Crippen LogP contribution in [0.15, 0.2) is 42.7 Å². The predicted molar refractivity (Wildman–Crippen MR) is 104 cm³/mol. The van der Waals surface area contributed by atoms with Gasteiger partial charge in [-0.05, 0) is 18.4 Å². The molecule has 2 amide bonds. The summed E-state index contributed by atoms with van der Waals surface area (Å²) in [5.74, 6) is -1.70. The van der Waals surface area contributed by atoms with Crippen LogP contribution in [-0.4, -0.2) is 44.5 Å². The van der Waals surface area contributed by atoms with Crippen molar-refractivity contribution in [3.05, 3.63) is 65.5 Å². The third-order valence-electron chi connectivity index (χ3n) is 4.97. The highest BCUT2D eigenvalue weighted by molar-refractivity contribution is 6.02. The Kier molecular flexibility index (Phi) is 4.87. The molecular formula is C20H21FN6O2. The maximum Gasteiger partial charge on any atom is 0.275 e. The third-order valence-corrected chi connectivity index (χ3v) is 4.97. The van der Waals surface area contributed by atoms with Gasteiger partial charge in [0.2, 0.25) is 5.91 Å². The average molecular weight is 396 g/mol. The van der Waals surface area contributed by atoms with Gasteiger partial charge in [0.1, 0.15) is 6.04 Å². The number of aromatic nitrogens is 4. The molecule has 1 aliphatic rings. The first-order valence-corrected chi connectivity index (χ1v) is 9.30. The van der Waals surface area contributed by atoms with Crippen LogP contribution in [0.25, 0.3) is 0 Å². The molecule has 150 valence electrons. The monoisotopic (exact) mass is 396 g/mol. The van der Waals surface area contributed by atoms with Crippen LogP contribution in [0.4, 0.5) is 10.1 Å². The molecule has 0 saturated heterocycles. The highest BCUT2D eigenvalue weighted by Gasteiger charge is 2.32. The van der Waals surface area contributed by atoms with E-state index in [0.29, 0.717) is 25.1 Å². The van der Waals surface area contributed by atoms with E-state index in [1.54, 1.807) is 25.0 Å². The smallest absolute Gasteiger partial charge is 0.275 e. The summed E-state index contributed by atoms with van der Waals surface area (Å²) in [6.07, 6.45) is 3.86. The summed E-state index contributed by atoms with van der Waals surface area (Å²) in [4.78, 5) is 26.9. The van der Waals surface area contributed by atoms with Crippen LogP contribution in [0.3, 0.4) is 0 Å². The number of anilines is 1. The van der Waals surface area contributed by atoms with Crippen molar-refractivity contribution in [2.24, 2.45) is 7.05 Å². The number of amides is 2. The topological polar surface area (TPSA) is 85.1 Å². The highest BCUT2D eigenvalue weighted by atomic mass is 19.1. The number of nitrogens with zero attached hydrogens (tertiary/aromatic N) is 5. The Morgan fingerprint density at radius 3 is 2.72 bits per heavy atom. The lowest BCUT2D eigenvalue weighted by Gasteiger charge is -2.20. The second-order valence-corrected chi connectivity index (χ2v) is 7.11. The maximum absolute atomic E-state index is 14.3. The molecule has 29 heavy (non-hydrogen) atoms. The normalized spacial score (nSPS) is 16.4. The van der Waals surface area contributed by atoms with E-state index in [4.69, 9.17) is 0 Å². The molecule has 8 nitrogen and oxygen atoms in total. The summed E-state index contributed by atoms with van der Waals surface area (Å²) in [6, 6.07) is 8.66. The molecule has 0 radical (unpaired) electrons. The molecule has 9 heteroatoms. The van der Waals surface area contributed by atoms with E-state index in [1.165, 1.54) is 15.8 Å². The summed E-state index contributed by atoms with van der Waals surface area (Å²) in [5, 5.41) is 11.1. The number of likely N-dealkylation sites (N-methyl/N-ethyl adjacent to an activating group) is 1. The van der Waals surface area contributed by atoms with Gasteiger partial charge in [-0.25, -0.2) is 4.39 Å². The summed E-state index contributed by atoms with van der Waals surface area (Å²) in [6.45, 7) is 0.345. The van der Waals surface area contributed by atoms with Crippen LogP contribution in [0, 0.1) is 5.82 Å². The zero-order valence-corrected chi connectivity index (χ0v) is 16.2. The van der Waals surface area contributed by atoms with Crippen LogP contribution in [0.1, 0.15) is 28.2 Å². The number of benzene rings is 1. The molecule has 4 rings (SSSR count). The molecule has 1 aliphatic heterocycles. The fourth-order valence-electron chi connectivity index (χ4n) is 3.50. The van der Waals surface area contributed by atoms with Crippen molar-refractivity contribution in [1.29, 1.82) is 0 Å². The molecule has 0 bridgehead atoms. The number of hydrogen-bond donors (Lipinski definition) is 1. The Morgan fingerprint density at radius 1 is 1.21 bits per heavy atom. The Labute approximate surface area is 166 Å². The number of carbonyl (C=O) groups is 2. The molecule has 2 aromatic heterocycles. The molecule has 0 fully saturated rings. The largest absolute Gasteiger partial charge is 0.339 e. The zero-order valence-electron chi connectivity index (χ0n) is 16.2. The van der Waals surface area contributed by atoms with Crippen LogP contribution < -0.4 is 10.2 Å². The Morgan fingerprint density at radius 2 is 1.97 bits per heavy atom. The van der Waals surface area contributed by atoms with Crippen molar-refractivity contribution in [3.8, 4) is 0 Å². The lowest BCUT2D eigenvalue weighted by Crippen LogP contribution is -2.47. The van der Waals surface area contributed by atoms with Gasteiger partial charge in [0.15, 0.2) is 11.5 Å². The minimum absolute atomic E-state index is 0.269. The van der Waals surface area contributed by atoms with Gasteiger partial charge in [0.05, 0.1) is 24.1 Å².